The Kier molecular flexibility index (Phi) is 5.19. The van der Waals surface area contributed by atoms with Crippen LogP contribution in [0.1, 0.15) is 27.2 Å². The highest BCUT2D eigenvalue weighted by Crippen LogP contribution is 2.21. The zero-order valence-electron chi connectivity index (χ0n) is 8.98. The minimum atomic E-state index is -4.70. The summed E-state index contributed by atoms with van der Waals surface area (Å²) in [6.07, 6.45) is 0.604. The lowest BCUT2D eigenvalue weighted by Gasteiger charge is -2.20. The SMILES string of the molecule is CCC(C)(C)C(=O)OCCOS(=O)(=O)[O-]. The molecule has 6 nitrogen and oxygen atoms in total. The number of carbonyl (C=O) groups is 1. The Hall–Kier alpha value is -0.660. The van der Waals surface area contributed by atoms with E-state index in [9.17, 15) is 17.8 Å². The molecule has 7 heteroatoms. The van der Waals surface area contributed by atoms with Gasteiger partial charge in [0.15, 0.2) is 0 Å². The molecule has 0 unspecified atom stereocenters. The molecule has 0 aromatic rings. The maximum absolute atomic E-state index is 11.3. The average Bonchev–Trinajstić information content (AvgIpc) is 2.10. The van der Waals surface area contributed by atoms with Gasteiger partial charge < -0.3 is 9.29 Å². The monoisotopic (exact) mass is 239 g/mol. The number of esters is 1. The van der Waals surface area contributed by atoms with Crippen molar-refractivity contribution in [1.82, 2.24) is 0 Å². The van der Waals surface area contributed by atoms with Crippen molar-refractivity contribution in [2.24, 2.45) is 5.41 Å². The van der Waals surface area contributed by atoms with E-state index in [1.165, 1.54) is 0 Å². The zero-order valence-corrected chi connectivity index (χ0v) is 9.80. The van der Waals surface area contributed by atoms with Gasteiger partial charge in [-0.15, -0.1) is 0 Å². The highest BCUT2D eigenvalue weighted by molar-refractivity contribution is 7.80. The second-order valence-corrected chi connectivity index (χ2v) is 4.66. The number of ether oxygens (including phenoxy) is 1. The molecule has 0 aliphatic carbocycles. The van der Waals surface area contributed by atoms with Crippen molar-refractivity contribution in [3.8, 4) is 0 Å². The van der Waals surface area contributed by atoms with Gasteiger partial charge in [0.25, 0.3) is 0 Å². The predicted octanol–water partition coefficient (Wildman–Crippen LogP) is 0.443. The summed E-state index contributed by atoms with van der Waals surface area (Å²) >= 11 is 0. The predicted molar refractivity (Wildman–Crippen MR) is 50.7 cm³/mol. The molecule has 0 aromatic carbocycles. The maximum Gasteiger partial charge on any atom is 0.311 e. The van der Waals surface area contributed by atoms with Gasteiger partial charge in [-0.05, 0) is 20.3 Å². The molecular weight excluding hydrogens is 224 g/mol. The van der Waals surface area contributed by atoms with Crippen molar-refractivity contribution in [3.05, 3.63) is 0 Å². The number of rotatable bonds is 6. The molecule has 0 amide bonds. The fraction of sp³-hybridized carbons (Fsp3) is 0.875. The van der Waals surface area contributed by atoms with Crippen molar-refractivity contribution in [2.75, 3.05) is 13.2 Å². The third-order valence-corrected chi connectivity index (χ3v) is 2.44. The first kappa shape index (κ1) is 14.3. The normalized spacial score (nSPS) is 12.5. The Morgan fingerprint density at radius 1 is 1.33 bits per heavy atom. The Morgan fingerprint density at radius 3 is 2.27 bits per heavy atom. The lowest BCUT2D eigenvalue weighted by molar-refractivity contribution is -0.154. The summed E-state index contributed by atoms with van der Waals surface area (Å²) in [5.74, 6) is -0.447. The lowest BCUT2D eigenvalue weighted by atomic mass is 9.91. The second-order valence-electron chi connectivity index (χ2n) is 3.60. The van der Waals surface area contributed by atoms with Crippen molar-refractivity contribution in [3.63, 3.8) is 0 Å². The maximum atomic E-state index is 11.3. The smallest absolute Gasteiger partial charge is 0.311 e. The van der Waals surface area contributed by atoms with Crippen LogP contribution < -0.4 is 0 Å². The van der Waals surface area contributed by atoms with E-state index in [1.54, 1.807) is 13.8 Å². The summed E-state index contributed by atoms with van der Waals surface area (Å²) in [5, 5.41) is 0. The molecular formula is C8H15O6S-. The third kappa shape index (κ3) is 6.43. The van der Waals surface area contributed by atoms with Crippen LogP contribution in [0.4, 0.5) is 0 Å². The standard InChI is InChI=1S/C8H16O6S/c1-4-8(2,3)7(9)13-5-6-14-15(10,11)12/h4-6H2,1-3H3,(H,10,11,12)/p-1. The fourth-order valence-corrected chi connectivity index (χ4v) is 0.882. The number of carbonyl (C=O) groups excluding carboxylic acids is 1. The molecule has 0 radical (unpaired) electrons. The van der Waals surface area contributed by atoms with E-state index in [0.717, 1.165) is 0 Å². The highest BCUT2D eigenvalue weighted by atomic mass is 32.3. The van der Waals surface area contributed by atoms with Crippen LogP contribution in [0.25, 0.3) is 0 Å². The average molecular weight is 239 g/mol. The molecule has 0 atom stereocenters. The molecule has 0 heterocycles. The molecule has 0 aliphatic rings. The summed E-state index contributed by atoms with van der Waals surface area (Å²) in [7, 11) is -4.70. The van der Waals surface area contributed by atoms with Gasteiger partial charge in [0.05, 0.1) is 12.0 Å². The van der Waals surface area contributed by atoms with Crippen molar-refractivity contribution in [1.29, 1.82) is 0 Å². The minimum Gasteiger partial charge on any atom is -0.726 e. The largest absolute Gasteiger partial charge is 0.726 e. The van der Waals surface area contributed by atoms with E-state index in [4.69, 9.17) is 4.74 Å². The molecule has 0 saturated heterocycles. The van der Waals surface area contributed by atoms with E-state index >= 15 is 0 Å². The topological polar surface area (TPSA) is 92.7 Å². The van der Waals surface area contributed by atoms with Gasteiger partial charge in [0, 0.05) is 0 Å². The summed E-state index contributed by atoms with van der Waals surface area (Å²) in [4.78, 5) is 11.3. The first-order valence-corrected chi connectivity index (χ1v) is 5.80. The molecule has 0 aliphatic heterocycles. The zero-order chi connectivity index (χ0) is 12.1. The highest BCUT2D eigenvalue weighted by Gasteiger charge is 2.26. The molecule has 0 spiro atoms. The summed E-state index contributed by atoms with van der Waals surface area (Å²) < 4.78 is 38.6. The van der Waals surface area contributed by atoms with Crippen molar-refractivity contribution < 1.29 is 26.7 Å². The first-order chi connectivity index (χ1) is 6.69. The van der Waals surface area contributed by atoms with Gasteiger partial charge in [0.2, 0.25) is 10.4 Å². The summed E-state index contributed by atoms with van der Waals surface area (Å²) in [6.45, 7) is 4.56. The van der Waals surface area contributed by atoms with Gasteiger partial charge in [-0.25, -0.2) is 8.42 Å². The second kappa shape index (κ2) is 5.43. The van der Waals surface area contributed by atoms with Gasteiger partial charge in [-0.1, -0.05) is 6.92 Å². The van der Waals surface area contributed by atoms with Crippen LogP contribution in [0, 0.1) is 5.41 Å². The van der Waals surface area contributed by atoms with Crippen LogP contribution >= 0.6 is 0 Å². The fourth-order valence-electron chi connectivity index (χ4n) is 0.610. The Bertz CT molecular complexity index is 305. The van der Waals surface area contributed by atoms with E-state index < -0.39 is 28.4 Å². The van der Waals surface area contributed by atoms with Gasteiger partial charge in [-0.3, -0.25) is 8.98 Å². The Morgan fingerprint density at radius 2 is 1.87 bits per heavy atom. The van der Waals surface area contributed by atoms with Crippen LogP contribution in [0.5, 0.6) is 0 Å². The van der Waals surface area contributed by atoms with Gasteiger partial charge >= 0.3 is 5.97 Å². The molecule has 90 valence electrons. The van der Waals surface area contributed by atoms with E-state index in [1.807, 2.05) is 6.92 Å². The van der Waals surface area contributed by atoms with E-state index in [-0.39, 0.29) is 6.61 Å². The van der Waals surface area contributed by atoms with Crippen molar-refractivity contribution in [2.45, 2.75) is 27.2 Å². The van der Waals surface area contributed by atoms with E-state index in [0.29, 0.717) is 6.42 Å². The molecule has 0 aromatic heterocycles. The van der Waals surface area contributed by atoms with E-state index in [2.05, 4.69) is 4.18 Å². The number of hydrogen-bond donors (Lipinski definition) is 0. The van der Waals surface area contributed by atoms with Crippen LogP contribution in [0.15, 0.2) is 0 Å². The Balaban J connectivity index is 3.84. The Labute approximate surface area is 89.5 Å². The minimum absolute atomic E-state index is 0.246. The first-order valence-electron chi connectivity index (χ1n) is 4.46. The molecule has 15 heavy (non-hydrogen) atoms. The number of hydrogen-bond acceptors (Lipinski definition) is 6. The summed E-state index contributed by atoms with van der Waals surface area (Å²) in [6, 6.07) is 0. The van der Waals surface area contributed by atoms with Crippen LogP contribution in [0.3, 0.4) is 0 Å². The molecule has 0 rings (SSSR count). The van der Waals surface area contributed by atoms with Crippen LogP contribution in [0.2, 0.25) is 0 Å². The quantitative estimate of drug-likeness (QED) is 0.289. The van der Waals surface area contributed by atoms with Gasteiger partial charge in [-0.2, -0.15) is 0 Å². The van der Waals surface area contributed by atoms with Crippen LogP contribution in [-0.2, 0) is 24.1 Å². The molecule has 0 saturated carbocycles. The third-order valence-electron chi connectivity index (χ3n) is 1.98. The summed E-state index contributed by atoms with van der Waals surface area (Å²) in [5.41, 5.74) is -0.615. The lowest BCUT2D eigenvalue weighted by Crippen LogP contribution is -2.27. The van der Waals surface area contributed by atoms with Crippen LogP contribution in [-0.4, -0.2) is 32.2 Å². The molecule has 0 fully saturated rings. The van der Waals surface area contributed by atoms with Crippen molar-refractivity contribution >= 4 is 16.4 Å². The molecule has 0 bridgehead atoms. The molecule has 0 N–H and O–H groups in total. The van der Waals surface area contributed by atoms with Gasteiger partial charge in [0.1, 0.15) is 6.61 Å².